The van der Waals surface area contributed by atoms with Crippen LogP contribution in [0, 0.1) is 17.5 Å². The molecule has 1 unspecified atom stereocenters. The molecule has 106 valence electrons. The normalized spacial score (nSPS) is 12.2. The Bertz CT molecular complexity index is 621. The third kappa shape index (κ3) is 3.52. The van der Waals surface area contributed by atoms with Crippen molar-refractivity contribution in [2.75, 3.05) is 11.9 Å². The summed E-state index contributed by atoms with van der Waals surface area (Å²) in [5.74, 6) is -2.36. The summed E-state index contributed by atoms with van der Waals surface area (Å²) in [5.41, 5.74) is 0.850. The average Bonchev–Trinajstić information content (AvgIpc) is 2.40. The van der Waals surface area contributed by atoms with Gasteiger partial charge >= 0.3 is 0 Å². The van der Waals surface area contributed by atoms with Crippen molar-refractivity contribution in [1.82, 2.24) is 0 Å². The SMILES string of the molecule is OC(CNc1ccc(F)cc1Br)c1ccc(F)c(F)c1. The maximum absolute atomic E-state index is 13.1. The van der Waals surface area contributed by atoms with Crippen molar-refractivity contribution in [1.29, 1.82) is 0 Å². The molecule has 2 N–H and O–H groups in total. The molecule has 0 radical (unpaired) electrons. The van der Waals surface area contributed by atoms with Crippen molar-refractivity contribution >= 4 is 21.6 Å². The number of hydrogen-bond acceptors (Lipinski definition) is 2. The highest BCUT2D eigenvalue weighted by molar-refractivity contribution is 9.10. The van der Waals surface area contributed by atoms with Crippen molar-refractivity contribution in [2.45, 2.75) is 6.10 Å². The molecule has 1 atom stereocenters. The number of aliphatic hydroxyl groups is 1. The Balaban J connectivity index is 2.04. The van der Waals surface area contributed by atoms with Gasteiger partial charge in [0.2, 0.25) is 0 Å². The summed E-state index contributed by atoms with van der Waals surface area (Å²) >= 11 is 3.18. The molecular formula is C14H11BrF3NO. The number of anilines is 1. The first-order chi connectivity index (χ1) is 9.47. The Kier molecular flexibility index (Phi) is 4.67. The fourth-order valence-corrected chi connectivity index (χ4v) is 2.17. The first kappa shape index (κ1) is 14.9. The van der Waals surface area contributed by atoms with E-state index in [1.165, 1.54) is 24.3 Å². The minimum absolute atomic E-state index is 0.0787. The fourth-order valence-electron chi connectivity index (χ4n) is 1.68. The topological polar surface area (TPSA) is 32.3 Å². The molecule has 0 spiro atoms. The van der Waals surface area contributed by atoms with Crippen molar-refractivity contribution in [3.05, 3.63) is 63.9 Å². The van der Waals surface area contributed by atoms with Crippen molar-refractivity contribution in [3.63, 3.8) is 0 Å². The van der Waals surface area contributed by atoms with E-state index < -0.39 is 17.7 Å². The molecule has 2 rings (SSSR count). The van der Waals surface area contributed by atoms with Crippen molar-refractivity contribution < 1.29 is 18.3 Å². The summed E-state index contributed by atoms with van der Waals surface area (Å²) < 4.78 is 39.3. The van der Waals surface area contributed by atoms with Crippen LogP contribution >= 0.6 is 15.9 Å². The molecule has 0 aliphatic rings. The second-order valence-corrected chi connectivity index (χ2v) is 5.05. The fraction of sp³-hybridized carbons (Fsp3) is 0.143. The maximum atomic E-state index is 13.1. The Morgan fingerprint density at radius 2 is 1.80 bits per heavy atom. The quantitative estimate of drug-likeness (QED) is 0.877. The summed E-state index contributed by atoms with van der Waals surface area (Å²) in [6.07, 6.45) is -1.01. The summed E-state index contributed by atoms with van der Waals surface area (Å²) in [5, 5.41) is 12.8. The zero-order valence-electron chi connectivity index (χ0n) is 10.2. The highest BCUT2D eigenvalue weighted by Gasteiger charge is 2.11. The van der Waals surface area contributed by atoms with Crippen molar-refractivity contribution in [3.8, 4) is 0 Å². The van der Waals surface area contributed by atoms with Gasteiger partial charge in [0.15, 0.2) is 11.6 Å². The molecule has 0 heterocycles. The Morgan fingerprint density at radius 3 is 2.45 bits per heavy atom. The number of halogens is 4. The van der Waals surface area contributed by atoms with Gasteiger partial charge in [-0.15, -0.1) is 0 Å². The molecule has 0 fully saturated rings. The average molecular weight is 346 g/mol. The minimum Gasteiger partial charge on any atom is -0.387 e. The summed E-state index contributed by atoms with van der Waals surface area (Å²) in [4.78, 5) is 0. The van der Waals surface area contributed by atoms with Gasteiger partial charge in [-0.3, -0.25) is 0 Å². The van der Waals surface area contributed by atoms with Gasteiger partial charge in [0.1, 0.15) is 5.82 Å². The monoisotopic (exact) mass is 345 g/mol. The molecule has 6 heteroatoms. The van der Waals surface area contributed by atoms with Gasteiger partial charge in [0.25, 0.3) is 0 Å². The molecule has 20 heavy (non-hydrogen) atoms. The van der Waals surface area contributed by atoms with E-state index in [0.717, 1.165) is 12.1 Å². The second-order valence-electron chi connectivity index (χ2n) is 4.19. The van der Waals surface area contributed by atoms with Gasteiger partial charge in [0.05, 0.1) is 6.10 Å². The molecule has 2 nitrogen and oxygen atoms in total. The first-order valence-corrected chi connectivity index (χ1v) is 6.58. The van der Waals surface area contributed by atoms with E-state index in [9.17, 15) is 18.3 Å². The summed E-state index contributed by atoms with van der Waals surface area (Å²) in [6, 6.07) is 7.29. The predicted molar refractivity (Wildman–Crippen MR) is 73.9 cm³/mol. The predicted octanol–water partition coefficient (Wildman–Crippen LogP) is 4.01. The number of nitrogens with one attached hydrogen (secondary N) is 1. The van der Waals surface area contributed by atoms with Crippen LogP contribution in [-0.4, -0.2) is 11.7 Å². The van der Waals surface area contributed by atoms with E-state index >= 15 is 0 Å². The number of aliphatic hydroxyl groups excluding tert-OH is 1. The van der Waals surface area contributed by atoms with Crippen LogP contribution in [0.4, 0.5) is 18.9 Å². The van der Waals surface area contributed by atoms with Crippen molar-refractivity contribution in [2.24, 2.45) is 0 Å². The molecule has 0 aromatic heterocycles. The van der Waals surface area contributed by atoms with Crippen LogP contribution in [0.2, 0.25) is 0 Å². The molecule has 0 saturated carbocycles. The highest BCUT2D eigenvalue weighted by Crippen LogP contribution is 2.24. The Labute approximate surface area is 122 Å². The zero-order chi connectivity index (χ0) is 14.7. The number of hydrogen-bond donors (Lipinski definition) is 2. The van der Waals surface area contributed by atoms with E-state index in [2.05, 4.69) is 21.2 Å². The molecule has 0 aliphatic heterocycles. The lowest BCUT2D eigenvalue weighted by molar-refractivity contribution is 0.191. The van der Waals surface area contributed by atoms with Crippen LogP contribution in [0.5, 0.6) is 0 Å². The highest BCUT2D eigenvalue weighted by atomic mass is 79.9. The third-order valence-electron chi connectivity index (χ3n) is 2.75. The first-order valence-electron chi connectivity index (χ1n) is 5.79. The van der Waals surface area contributed by atoms with Gasteiger partial charge in [-0.05, 0) is 51.8 Å². The summed E-state index contributed by atoms with van der Waals surface area (Å²) in [6.45, 7) is 0.0787. The van der Waals surface area contributed by atoms with Gasteiger partial charge < -0.3 is 10.4 Å². The lowest BCUT2D eigenvalue weighted by Gasteiger charge is -2.14. The van der Waals surface area contributed by atoms with Crippen LogP contribution in [0.1, 0.15) is 11.7 Å². The van der Waals surface area contributed by atoms with Crippen LogP contribution in [0.3, 0.4) is 0 Å². The lowest BCUT2D eigenvalue weighted by atomic mass is 10.1. The van der Waals surface area contributed by atoms with E-state index in [1.54, 1.807) is 0 Å². The van der Waals surface area contributed by atoms with Gasteiger partial charge in [-0.1, -0.05) is 6.07 Å². The van der Waals surface area contributed by atoms with Gasteiger partial charge in [0, 0.05) is 16.7 Å². The molecule has 0 aliphatic carbocycles. The van der Waals surface area contributed by atoms with E-state index in [-0.39, 0.29) is 17.9 Å². The Hall–Kier alpha value is -1.53. The van der Waals surface area contributed by atoms with Crippen LogP contribution in [-0.2, 0) is 0 Å². The number of rotatable bonds is 4. The van der Waals surface area contributed by atoms with Crippen LogP contribution < -0.4 is 5.32 Å². The molecule has 0 bridgehead atoms. The van der Waals surface area contributed by atoms with E-state index in [1.807, 2.05) is 0 Å². The zero-order valence-corrected chi connectivity index (χ0v) is 11.8. The molecule has 2 aromatic rings. The molecular weight excluding hydrogens is 335 g/mol. The number of benzene rings is 2. The summed E-state index contributed by atoms with van der Waals surface area (Å²) in [7, 11) is 0. The van der Waals surface area contributed by atoms with Gasteiger partial charge in [-0.25, -0.2) is 13.2 Å². The van der Waals surface area contributed by atoms with Gasteiger partial charge in [-0.2, -0.15) is 0 Å². The van der Waals surface area contributed by atoms with E-state index in [0.29, 0.717) is 10.2 Å². The van der Waals surface area contributed by atoms with Crippen LogP contribution in [0.15, 0.2) is 40.9 Å². The van der Waals surface area contributed by atoms with E-state index in [4.69, 9.17) is 0 Å². The molecule has 0 saturated heterocycles. The standard InChI is InChI=1S/C14H11BrF3NO/c15-10-6-9(16)2-4-13(10)19-7-14(20)8-1-3-11(17)12(18)5-8/h1-6,14,19-20H,7H2. The Morgan fingerprint density at radius 1 is 1.05 bits per heavy atom. The molecule has 2 aromatic carbocycles. The van der Waals surface area contributed by atoms with Crippen LogP contribution in [0.25, 0.3) is 0 Å². The maximum Gasteiger partial charge on any atom is 0.159 e. The smallest absolute Gasteiger partial charge is 0.159 e. The lowest BCUT2D eigenvalue weighted by Crippen LogP contribution is -2.13. The largest absolute Gasteiger partial charge is 0.387 e. The second kappa shape index (κ2) is 6.28. The molecule has 0 amide bonds. The third-order valence-corrected chi connectivity index (χ3v) is 3.40. The minimum atomic E-state index is -1.01.